The lowest BCUT2D eigenvalue weighted by Crippen LogP contribution is -2.07. The molecular formula is C33H42O3. The Labute approximate surface area is 218 Å². The van der Waals surface area contributed by atoms with E-state index in [-0.39, 0.29) is 0 Å². The second-order valence-electron chi connectivity index (χ2n) is 9.13. The molecule has 3 heteroatoms. The SMILES string of the molecule is CCCCCCCOc1ccc(C=Cc2ccc(-c3ccc(OCCOCCCC)cc3)cc2)cc1. The molecule has 0 fully saturated rings. The highest BCUT2D eigenvalue weighted by atomic mass is 16.5. The molecule has 0 radical (unpaired) electrons. The van der Waals surface area contributed by atoms with Crippen LogP contribution in [0.5, 0.6) is 11.5 Å². The maximum Gasteiger partial charge on any atom is 0.119 e. The third kappa shape index (κ3) is 10.3. The Morgan fingerprint density at radius 2 is 0.972 bits per heavy atom. The highest BCUT2D eigenvalue weighted by Gasteiger charge is 2.00. The molecule has 0 saturated heterocycles. The van der Waals surface area contributed by atoms with Crippen LogP contribution in [0.4, 0.5) is 0 Å². The smallest absolute Gasteiger partial charge is 0.119 e. The Kier molecular flexibility index (Phi) is 12.7. The molecule has 0 amide bonds. The van der Waals surface area contributed by atoms with Crippen LogP contribution < -0.4 is 9.47 Å². The van der Waals surface area contributed by atoms with Gasteiger partial charge in [0.05, 0.1) is 13.2 Å². The van der Waals surface area contributed by atoms with E-state index in [2.05, 4.69) is 86.7 Å². The van der Waals surface area contributed by atoms with Crippen LogP contribution in [0.2, 0.25) is 0 Å². The van der Waals surface area contributed by atoms with Gasteiger partial charge < -0.3 is 14.2 Å². The number of rotatable bonds is 17. The summed E-state index contributed by atoms with van der Waals surface area (Å²) in [5, 5.41) is 0. The van der Waals surface area contributed by atoms with Crippen molar-refractivity contribution in [1.82, 2.24) is 0 Å². The minimum absolute atomic E-state index is 0.582. The van der Waals surface area contributed by atoms with Crippen LogP contribution in [-0.4, -0.2) is 26.4 Å². The number of benzene rings is 3. The van der Waals surface area contributed by atoms with E-state index in [4.69, 9.17) is 14.2 Å². The Hall–Kier alpha value is -3.04. The minimum Gasteiger partial charge on any atom is -0.494 e. The maximum atomic E-state index is 5.87. The van der Waals surface area contributed by atoms with Crippen LogP contribution in [0.1, 0.15) is 69.9 Å². The van der Waals surface area contributed by atoms with Gasteiger partial charge in [0.2, 0.25) is 0 Å². The summed E-state index contributed by atoms with van der Waals surface area (Å²) in [7, 11) is 0. The van der Waals surface area contributed by atoms with Crippen molar-refractivity contribution >= 4 is 12.2 Å². The van der Waals surface area contributed by atoms with E-state index in [1.54, 1.807) is 0 Å². The molecule has 0 bridgehead atoms. The Bertz CT molecular complexity index is 989. The largest absolute Gasteiger partial charge is 0.494 e. The van der Waals surface area contributed by atoms with Crippen LogP contribution >= 0.6 is 0 Å². The molecule has 3 aromatic carbocycles. The minimum atomic E-state index is 0.582. The first-order chi connectivity index (χ1) is 17.8. The highest BCUT2D eigenvalue weighted by Crippen LogP contribution is 2.23. The Morgan fingerprint density at radius 3 is 1.58 bits per heavy atom. The molecule has 0 aliphatic rings. The van der Waals surface area contributed by atoms with Crippen molar-refractivity contribution in [3.8, 4) is 22.6 Å². The lowest BCUT2D eigenvalue weighted by molar-refractivity contribution is 0.0981. The monoisotopic (exact) mass is 486 g/mol. The molecular weight excluding hydrogens is 444 g/mol. The van der Waals surface area contributed by atoms with Gasteiger partial charge in [-0.25, -0.2) is 0 Å². The number of ether oxygens (including phenoxy) is 3. The molecule has 0 aliphatic heterocycles. The van der Waals surface area contributed by atoms with Gasteiger partial charge in [-0.15, -0.1) is 0 Å². The van der Waals surface area contributed by atoms with Gasteiger partial charge in [-0.05, 0) is 59.4 Å². The topological polar surface area (TPSA) is 27.7 Å². The van der Waals surface area contributed by atoms with Gasteiger partial charge in [0.25, 0.3) is 0 Å². The summed E-state index contributed by atoms with van der Waals surface area (Å²) in [6.45, 7) is 7.23. The van der Waals surface area contributed by atoms with E-state index in [0.29, 0.717) is 13.2 Å². The predicted octanol–water partition coefficient (Wildman–Crippen LogP) is 9.07. The summed E-state index contributed by atoms with van der Waals surface area (Å²) in [5.41, 5.74) is 4.71. The first kappa shape index (κ1) is 27.5. The lowest BCUT2D eigenvalue weighted by Gasteiger charge is -2.08. The fraction of sp³-hybridized carbons (Fsp3) is 0.394. The fourth-order valence-corrected chi connectivity index (χ4v) is 3.86. The Balaban J connectivity index is 1.42. The van der Waals surface area contributed by atoms with Crippen LogP contribution in [-0.2, 0) is 4.74 Å². The first-order valence-corrected chi connectivity index (χ1v) is 13.6. The molecule has 3 aromatic rings. The quantitative estimate of drug-likeness (QED) is 0.141. The van der Waals surface area contributed by atoms with Gasteiger partial charge in [0.15, 0.2) is 0 Å². The van der Waals surface area contributed by atoms with E-state index < -0.39 is 0 Å². The number of hydrogen-bond acceptors (Lipinski definition) is 3. The number of unbranched alkanes of at least 4 members (excludes halogenated alkanes) is 5. The second-order valence-corrected chi connectivity index (χ2v) is 9.13. The zero-order chi connectivity index (χ0) is 25.3. The molecule has 0 unspecified atom stereocenters. The van der Waals surface area contributed by atoms with Crippen LogP contribution in [0, 0.1) is 0 Å². The second kappa shape index (κ2) is 16.6. The van der Waals surface area contributed by atoms with E-state index in [1.165, 1.54) is 47.9 Å². The van der Waals surface area contributed by atoms with Crippen LogP contribution in [0.15, 0.2) is 72.8 Å². The molecule has 0 spiro atoms. The van der Waals surface area contributed by atoms with E-state index in [9.17, 15) is 0 Å². The summed E-state index contributed by atoms with van der Waals surface area (Å²) in [6.07, 6.45) is 12.8. The first-order valence-electron chi connectivity index (χ1n) is 13.6. The van der Waals surface area contributed by atoms with Gasteiger partial charge >= 0.3 is 0 Å². The highest BCUT2D eigenvalue weighted by molar-refractivity contribution is 5.72. The lowest BCUT2D eigenvalue weighted by atomic mass is 10.0. The molecule has 192 valence electrons. The van der Waals surface area contributed by atoms with Crippen molar-refractivity contribution in [2.75, 3.05) is 26.4 Å². The average molecular weight is 487 g/mol. The molecule has 0 saturated carbocycles. The zero-order valence-corrected chi connectivity index (χ0v) is 22.1. The molecule has 0 heterocycles. The summed E-state index contributed by atoms with van der Waals surface area (Å²) >= 11 is 0. The van der Waals surface area contributed by atoms with Crippen molar-refractivity contribution in [2.24, 2.45) is 0 Å². The van der Waals surface area contributed by atoms with Gasteiger partial charge in [0.1, 0.15) is 18.1 Å². The summed E-state index contributed by atoms with van der Waals surface area (Å²) in [4.78, 5) is 0. The number of hydrogen-bond donors (Lipinski definition) is 0. The standard InChI is InChI=1S/C33H42O3/c1-3-5-7-8-9-25-35-32-20-14-29(15-21-32)11-10-28-12-16-30(17-13-28)31-18-22-33(23-19-31)36-27-26-34-24-6-4-2/h10-23H,3-9,24-27H2,1-2H3. The summed E-state index contributed by atoms with van der Waals surface area (Å²) in [5.74, 6) is 1.82. The predicted molar refractivity (Wildman–Crippen MR) is 153 cm³/mol. The van der Waals surface area contributed by atoms with E-state index in [1.807, 2.05) is 12.1 Å². The Morgan fingerprint density at radius 1 is 0.472 bits per heavy atom. The van der Waals surface area contributed by atoms with Crippen molar-refractivity contribution in [3.63, 3.8) is 0 Å². The molecule has 0 N–H and O–H groups in total. The summed E-state index contributed by atoms with van der Waals surface area (Å²) < 4.78 is 17.2. The molecule has 0 aliphatic carbocycles. The van der Waals surface area contributed by atoms with E-state index in [0.717, 1.165) is 44.0 Å². The van der Waals surface area contributed by atoms with Gasteiger partial charge in [-0.2, -0.15) is 0 Å². The molecule has 36 heavy (non-hydrogen) atoms. The third-order valence-corrected chi connectivity index (χ3v) is 6.10. The van der Waals surface area contributed by atoms with Crippen LogP contribution in [0.3, 0.4) is 0 Å². The van der Waals surface area contributed by atoms with Crippen LogP contribution in [0.25, 0.3) is 23.3 Å². The van der Waals surface area contributed by atoms with Crippen molar-refractivity contribution in [1.29, 1.82) is 0 Å². The molecule has 0 atom stereocenters. The van der Waals surface area contributed by atoms with Crippen molar-refractivity contribution in [2.45, 2.75) is 58.8 Å². The molecule has 0 aromatic heterocycles. The summed E-state index contributed by atoms with van der Waals surface area (Å²) in [6, 6.07) is 25.2. The van der Waals surface area contributed by atoms with Crippen molar-refractivity contribution in [3.05, 3.63) is 83.9 Å². The van der Waals surface area contributed by atoms with E-state index >= 15 is 0 Å². The normalized spacial score (nSPS) is 11.2. The van der Waals surface area contributed by atoms with Crippen molar-refractivity contribution < 1.29 is 14.2 Å². The third-order valence-electron chi connectivity index (χ3n) is 6.10. The zero-order valence-electron chi connectivity index (χ0n) is 22.1. The maximum absolute atomic E-state index is 5.87. The fourth-order valence-electron chi connectivity index (χ4n) is 3.86. The average Bonchev–Trinajstić information content (AvgIpc) is 2.93. The molecule has 3 rings (SSSR count). The van der Waals surface area contributed by atoms with Gasteiger partial charge in [-0.1, -0.05) is 107 Å². The molecule has 3 nitrogen and oxygen atoms in total. The van der Waals surface area contributed by atoms with Gasteiger partial charge in [0, 0.05) is 6.61 Å². The van der Waals surface area contributed by atoms with Gasteiger partial charge in [-0.3, -0.25) is 0 Å².